The Balaban J connectivity index is 1.70. The summed E-state index contributed by atoms with van der Waals surface area (Å²) in [5.74, 6) is 0.119. The standard InChI is InChI=1S/C20H18N8O3/c1-12-6-8-13(9-7-12)11-22-24-20(29)16-17(14-4-3-5-15(10-14)30-2)28(27-23-16)19-18(21)25-31-26-19/h3-11H,1-2H3,(H2,21,25)(H,24,29)/b22-11+. The van der Waals surface area contributed by atoms with Gasteiger partial charge in [-0.1, -0.05) is 47.2 Å². The normalized spacial score (nSPS) is 11.0. The van der Waals surface area contributed by atoms with E-state index in [1.165, 1.54) is 10.9 Å². The largest absolute Gasteiger partial charge is 0.497 e. The first-order chi connectivity index (χ1) is 15.1. The van der Waals surface area contributed by atoms with Crippen LogP contribution in [-0.2, 0) is 0 Å². The number of hydrogen-bond acceptors (Lipinski definition) is 9. The van der Waals surface area contributed by atoms with Crippen molar-refractivity contribution in [2.75, 3.05) is 12.8 Å². The van der Waals surface area contributed by atoms with Gasteiger partial charge in [-0.15, -0.1) is 5.10 Å². The molecule has 11 heteroatoms. The second kappa shape index (κ2) is 8.45. The summed E-state index contributed by atoms with van der Waals surface area (Å²) in [4.78, 5) is 12.8. The first-order valence-electron chi connectivity index (χ1n) is 9.15. The number of nitrogens with zero attached hydrogens (tertiary/aromatic N) is 6. The van der Waals surface area contributed by atoms with Crippen LogP contribution in [0.25, 0.3) is 17.1 Å². The fraction of sp³-hybridized carbons (Fsp3) is 0.100. The molecular formula is C20H18N8O3. The van der Waals surface area contributed by atoms with Crippen molar-refractivity contribution in [1.29, 1.82) is 0 Å². The van der Waals surface area contributed by atoms with Crippen LogP contribution in [0.1, 0.15) is 21.6 Å². The second-order valence-electron chi connectivity index (χ2n) is 6.51. The Morgan fingerprint density at radius 2 is 2.03 bits per heavy atom. The van der Waals surface area contributed by atoms with E-state index in [1.807, 2.05) is 31.2 Å². The highest BCUT2D eigenvalue weighted by Gasteiger charge is 2.25. The Hall–Kier alpha value is -4.54. The molecule has 0 fully saturated rings. The predicted octanol–water partition coefficient (Wildman–Crippen LogP) is 1.98. The molecule has 0 spiro atoms. The summed E-state index contributed by atoms with van der Waals surface area (Å²) < 4.78 is 11.2. The molecule has 156 valence electrons. The van der Waals surface area contributed by atoms with Crippen molar-refractivity contribution in [3.05, 3.63) is 65.4 Å². The monoisotopic (exact) mass is 418 g/mol. The minimum absolute atomic E-state index is 0.00149. The summed E-state index contributed by atoms with van der Waals surface area (Å²) in [5.41, 5.74) is 11.2. The molecule has 0 aliphatic carbocycles. The van der Waals surface area contributed by atoms with E-state index in [2.05, 4.69) is 35.8 Å². The lowest BCUT2D eigenvalue weighted by atomic mass is 10.1. The van der Waals surface area contributed by atoms with Crippen molar-refractivity contribution in [2.24, 2.45) is 5.10 Å². The van der Waals surface area contributed by atoms with Crippen LogP contribution in [0.3, 0.4) is 0 Å². The summed E-state index contributed by atoms with van der Waals surface area (Å²) in [6.07, 6.45) is 1.53. The smallest absolute Gasteiger partial charge is 0.294 e. The number of ether oxygens (including phenoxy) is 1. The number of amides is 1. The Morgan fingerprint density at radius 1 is 1.23 bits per heavy atom. The van der Waals surface area contributed by atoms with Crippen LogP contribution >= 0.6 is 0 Å². The number of rotatable bonds is 6. The topological polar surface area (TPSA) is 146 Å². The zero-order valence-electron chi connectivity index (χ0n) is 16.7. The van der Waals surface area contributed by atoms with Gasteiger partial charge in [0.1, 0.15) is 11.4 Å². The van der Waals surface area contributed by atoms with E-state index < -0.39 is 5.91 Å². The maximum atomic E-state index is 12.8. The van der Waals surface area contributed by atoms with Crippen molar-refractivity contribution >= 4 is 17.9 Å². The molecule has 4 rings (SSSR count). The Morgan fingerprint density at radius 3 is 2.74 bits per heavy atom. The quantitative estimate of drug-likeness (QED) is 0.357. The average Bonchev–Trinajstić information content (AvgIpc) is 3.41. The fourth-order valence-electron chi connectivity index (χ4n) is 2.82. The second-order valence-corrected chi connectivity index (χ2v) is 6.51. The molecular weight excluding hydrogens is 400 g/mol. The summed E-state index contributed by atoms with van der Waals surface area (Å²) >= 11 is 0. The summed E-state index contributed by atoms with van der Waals surface area (Å²) in [6, 6.07) is 14.7. The predicted molar refractivity (Wildman–Crippen MR) is 112 cm³/mol. The third-order valence-electron chi connectivity index (χ3n) is 4.38. The number of nitrogen functional groups attached to an aromatic ring is 1. The molecule has 0 aliphatic rings. The third kappa shape index (κ3) is 4.10. The van der Waals surface area contributed by atoms with Crippen LogP contribution in [0.15, 0.2) is 58.3 Å². The number of hydrogen-bond donors (Lipinski definition) is 2. The van der Waals surface area contributed by atoms with E-state index in [-0.39, 0.29) is 17.3 Å². The lowest BCUT2D eigenvalue weighted by Gasteiger charge is -2.07. The van der Waals surface area contributed by atoms with Crippen molar-refractivity contribution < 1.29 is 14.2 Å². The van der Waals surface area contributed by atoms with Crippen molar-refractivity contribution in [1.82, 2.24) is 30.7 Å². The van der Waals surface area contributed by atoms with Crippen LogP contribution in [0.4, 0.5) is 5.82 Å². The van der Waals surface area contributed by atoms with Gasteiger partial charge in [0.15, 0.2) is 5.69 Å². The van der Waals surface area contributed by atoms with Crippen LogP contribution in [-0.4, -0.2) is 44.5 Å². The van der Waals surface area contributed by atoms with E-state index in [0.717, 1.165) is 11.1 Å². The minimum atomic E-state index is -0.567. The van der Waals surface area contributed by atoms with E-state index in [4.69, 9.17) is 10.5 Å². The van der Waals surface area contributed by atoms with E-state index in [9.17, 15) is 4.79 Å². The van der Waals surface area contributed by atoms with Crippen LogP contribution < -0.4 is 15.9 Å². The van der Waals surface area contributed by atoms with Crippen molar-refractivity contribution in [3.8, 4) is 22.8 Å². The lowest BCUT2D eigenvalue weighted by molar-refractivity contribution is 0.0950. The molecule has 2 aromatic carbocycles. The zero-order chi connectivity index (χ0) is 21.8. The minimum Gasteiger partial charge on any atom is -0.497 e. The summed E-state index contributed by atoms with van der Waals surface area (Å²) in [7, 11) is 1.54. The van der Waals surface area contributed by atoms with Gasteiger partial charge in [-0.25, -0.2) is 10.1 Å². The number of benzene rings is 2. The van der Waals surface area contributed by atoms with Crippen molar-refractivity contribution in [2.45, 2.75) is 6.92 Å². The maximum absolute atomic E-state index is 12.8. The molecule has 2 heterocycles. The molecule has 4 aromatic rings. The molecule has 0 bridgehead atoms. The zero-order valence-corrected chi connectivity index (χ0v) is 16.7. The molecule has 31 heavy (non-hydrogen) atoms. The SMILES string of the molecule is COc1cccc(-c2c(C(=O)N/N=C/c3ccc(C)cc3)nnn2-c2nonc2N)c1. The number of anilines is 1. The van der Waals surface area contributed by atoms with Gasteiger partial charge in [0.05, 0.1) is 13.3 Å². The number of aryl methyl sites for hydroxylation is 1. The van der Waals surface area contributed by atoms with Gasteiger partial charge in [-0.3, -0.25) is 4.79 Å². The number of aromatic nitrogens is 5. The van der Waals surface area contributed by atoms with E-state index >= 15 is 0 Å². The molecule has 0 saturated heterocycles. The van der Waals surface area contributed by atoms with Gasteiger partial charge in [0.2, 0.25) is 11.6 Å². The molecule has 0 unspecified atom stereocenters. The van der Waals surface area contributed by atoms with E-state index in [0.29, 0.717) is 17.0 Å². The Labute approximate surface area is 176 Å². The molecule has 3 N–H and O–H groups in total. The number of methoxy groups -OCH3 is 1. The van der Waals surface area contributed by atoms with Gasteiger partial charge in [0, 0.05) is 5.56 Å². The molecule has 0 aliphatic heterocycles. The van der Waals surface area contributed by atoms with Gasteiger partial charge in [0.25, 0.3) is 5.91 Å². The molecule has 0 atom stereocenters. The molecule has 2 aromatic heterocycles. The number of nitrogens with two attached hydrogens (primary N) is 1. The highest BCUT2D eigenvalue weighted by atomic mass is 16.6. The van der Waals surface area contributed by atoms with Gasteiger partial charge in [-0.05, 0) is 34.9 Å². The number of carbonyl (C=O) groups excluding carboxylic acids is 1. The first kappa shape index (κ1) is 19.8. The summed E-state index contributed by atoms with van der Waals surface area (Å²) in [6.45, 7) is 1.99. The highest BCUT2D eigenvalue weighted by Crippen LogP contribution is 2.28. The number of hydrazone groups is 1. The molecule has 0 radical (unpaired) electrons. The van der Waals surface area contributed by atoms with Gasteiger partial charge in [-0.2, -0.15) is 9.78 Å². The third-order valence-corrected chi connectivity index (χ3v) is 4.38. The lowest BCUT2D eigenvalue weighted by Crippen LogP contribution is -2.19. The van der Waals surface area contributed by atoms with Crippen molar-refractivity contribution in [3.63, 3.8) is 0 Å². The average molecular weight is 418 g/mol. The summed E-state index contributed by atoms with van der Waals surface area (Å²) in [5, 5.41) is 19.3. The fourth-order valence-corrected chi connectivity index (χ4v) is 2.82. The molecule has 1 amide bonds. The van der Waals surface area contributed by atoms with Crippen LogP contribution in [0.2, 0.25) is 0 Å². The number of carbonyl (C=O) groups is 1. The van der Waals surface area contributed by atoms with Gasteiger partial charge < -0.3 is 10.5 Å². The van der Waals surface area contributed by atoms with Crippen LogP contribution in [0.5, 0.6) is 5.75 Å². The van der Waals surface area contributed by atoms with E-state index in [1.54, 1.807) is 31.4 Å². The maximum Gasteiger partial charge on any atom is 0.294 e. The number of nitrogens with one attached hydrogen (secondary N) is 1. The highest BCUT2D eigenvalue weighted by molar-refractivity contribution is 5.98. The van der Waals surface area contributed by atoms with Crippen LogP contribution in [0, 0.1) is 6.92 Å². The van der Waals surface area contributed by atoms with Gasteiger partial charge >= 0.3 is 0 Å². The first-order valence-corrected chi connectivity index (χ1v) is 9.15. The molecule has 11 nitrogen and oxygen atoms in total. The molecule has 0 saturated carbocycles. The Kier molecular flexibility index (Phi) is 5.39. The Bertz CT molecular complexity index is 1240.